The highest BCUT2D eigenvalue weighted by Crippen LogP contribution is 2.27. The molecule has 18 heteroatoms. The summed E-state index contributed by atoms with van der Waals surface area (Å²) >= 11 is 17.3. The molecule has 0 fully saturated rings. The van der Waals surface area contributed by atoms with Gasteiger partial charge in [-0.1, -0.05) is 86.1 Å². The van der Waals surface area contributed by atoms with Gasteiger partial charge in [0.15, 0.2) is 5.82 Å². The minimum absolute atomic E-state index is 0.161. The molecule has 2 aromatic carbocycles. The van der Waals surface area contributed by atoms with Crippen LogP contribution < -0.4 is 21.8 Å². The number of aryl methyl sites for hydroxylation is 3. The quantitative estimate of drug-likeness (QED) is 0.0449. The van der Waals surface area contributed by atoms with Gasteiger partial charge in [-0.05, 0) is 101 Å². The number of hydrogen-bond donors (Lipinski definition) is 8. The summed E-state index contributed by atoms with van der Waals surface area (Å²) in [5, 5.41) is 27.4. The smallest absolute Gasteiger partial charge is 0.423 e. The Kier molecular flexibility index (Phi) is 17.7. The van der Waals surface area contributed by atoms with Crippen LogP contribution in [0.25, 0.3) is 44.5 Å². The molecule has 0 atom stereocenters. The summed E-state index contributed by atoms with van der Waals surface area (Å²) in [5.41, 5.74) is 12.1. The zero-order valence-electron chi connectivity index (χ0n) is 35.1. The van der Waals surface area contributed by atoms with Gasteiger partial charge in [-0.15, -0.1) is 0 Å². The van der Waals surface area contributed by atoms with Crippen LogP contribution in [0.2, 0.25) is 15.7 Å². The first-order chi connectivity index (χ1) is 28.4. The van der Waals surface area contributed by atoms with Crippen molar-refractivity contribution in [1.29, 1.82) is 0 Å². The molecule has 0 aliphatic carbocycles. The van der Waals surface area contributed by atoms with E-state index in [1.807, 2.05) is 83.1 Å². The lowest BCUT2D eigenvalue weighted by molar-refractivity contribution is 0.426. The van der Waals surface area contributed by atoms with Crippen LogP contribution in [0.4, 0.5) is 11.6 Å². The average molecular weight is 874 g/mol. The minimum atomic E-state index is -1.34. The first-order valence-corrected chi connectivity index (χ1v) is 20.4. The van der Waals surface area contributed by atoms with E-state index in [0.717, 1.165) is 67.6 Å². The molecule has 0 amide bonds. The largest absolute Gasteiger partial charge is 0.488 e. The summed E-state index contributed by atoms with van der Waals surface area (Å²) in [4.78, 5) is 34.8. The van der Waals surface area contributed by atoms with Crippen molar-refractivity contribution in [2.45, 2.75) is 80.4 Å². The second-order valence-corrected chi connectivity index (χ2v) is 15.7. The molecule has 9 N–H and O–H groups in total. The van der Waals surface area contributed by atoms with Gasteiger partial charge in [0.05, 0.1) is 16.2 Å². The first-order valence-electron chi connectivity index (χ1n) is 19.2. The van der Waals surface area contributed by atoms with E-state index in [-0.39, 0.29) is 10.6 Å². The molecular weight excluding hydrogens is 822 g/mol. The number of aromatic nitrogens is 9. The number of nitrogens with two attached hydrogens (primary N) is 1. The van der Waals surface area contributed by atoms with Crippen LogP contribution in [-0.2, 0) is 0 Å². The summed E-state index contributed by atoms with van der Waals surface area (Å²) in [7, 11) is -1.34. The van der Waals surface area contributed by atoms with E-state index in [1.54, 1.807) is 24.3 Å². The first kappa shape index (κ1) is 47.4. The predicted octanol–water partition coefficient (Wildman–Crippen LogP) is 8.79. The van der Waals surface area contributed by atoms with Gasteiger partial charge in [-0.25, -0.2) is 19.9 Å². The summed E-state index contributed by atoms with van der Waals surface area (Å²) < 4.78 is 0. The summed E-state index contributed by atoms with van der Waals surface area (Å²) in [6.07, 6.45) is 0. The molecule has 316 valence electrons. The highest BCUT2D eigenvalue weighted by molar-refractivity contribution is 6.58. The predicted molar refractivity (Wildman–Crippen MR) is 249 cm³/mol. The molecule has 0 saturated heterocycles. The number of H-pyrrole nitrogens is 3. The molecule has 0 saturated carbocycles. The topological polar surface area (TPSA) is 215 Å². The SMILES string of the molecule is CC(C)N.Cc1cc2c(Cl)nc(Cl)nc2[nH]1.Cc1cc2c(NC(C)C)nc(-c3ccccc3)nc2[nH]1.Cc1cc2c(NC(C)C)nc(Cl)nc2[nH]1.OB(O)c1ccccc1. The summed E-state index contributed by atoms with van der Waals surface area (Å²) in [6.45, 7) is 18.2. The number of nitrogens with one attached hydrogen (secondary N) is 5. The molecule has 14 nitrogen and oxygen atoms in total. The van der Waals surface area contributed by atoms with E-state index < -0.39 is 7.12 Å². The van der Waals surface area contributed by atoms with Gasteiger partial charge in [0.25, 0.3) is 0 Å². The van der Waals surface area contributed by atoms with Crippen LogP contribution in [0.1, 0.15) is 58.6 Å². The Bertz CT molecular complexity index is 2560. The molecule has 60 heavy (non-hydrogen) atoms. The third-order valence-electron chi connectivity index (χ3n) is 7.75. The second kappa shape index (κ2) is 22.4. The monoisotopic (exact) mass is 872 g/mol. The van der Waals surface area contributed by atoms with Gasteiger partial charge >= 0.3 is 7.12 Å². The van der Waals surface area contributed by atoms with E-state index in [2.05, 4.69) is 89.3 Å². The fourth-order valence-electron chi connectivity index (χ4n) is 5.44. The van der Waals surface area contributed by atoms with Crippen LogP contribution in [0, 0.1) is 20.8 Å². The lowest BCUT2D eigenvalue weighted by Gasteiger charge is -2.11. The van der Waals surface area contributed by atoms with Gasteiger partial charge in [-0.2, -0.15) is 9.97 Å². The normalized spacial score (nSPS) is 10.7. The fourth-order valence-corrected chi connectivity index (χ4v) is 6.05. The van der Waals surface area contributed by atoms with E-state index in [1.165, 1.54) is 0 Å². The number of fused-ring (bicyclic) bond motifs is 3. The van der Waals surface area contributed by atoms with Crippen LogP contribution in [-0.4, -0.2) is 80.1 Å². The van der Waals surface area contributed by atoms with E-state index >= 15 is 0 Å². The van der Waals surface area contributed by atoms with Crippen molar-refractivity contribution in [3.63, 3.8) is 0 Å². The number of nitrogens with zero attached hydrogens (tertiary/aromatic N) is 6. The van der Waals surface area contributed by atoms with Crippen molar-refractivity contribution in [1.82, 2.24) is 44.9 Å². The molecule has 6 heterocycles. The molecule has 0 aliphatic heterocycles. The number of rotatable bonds is 6. The molecule has 6 aromatic heterocycles. The summed E-state index contributed by atoms with van der Waals surface area (Å²) in [5.74, 6) is 2.40. The Hall–Kier alpha value is -5.29. The zero-order valence-corrected chi connectivity index (χ0v) is 37.4. The standard InChI is InChI=1S/C16H18N4.C10H13ClN4.C7H5Cl2N3.C6H7BO2.C3H9N/c1-10(2)17-15-13-9-11(3)18-16(13)20-14(19-15)12-7-5-4-6-8-12;1-5(2)12-8-7-4-6(3)13-9(7)15-10(11)14-8;1-3-2-4-5(8)11-7(9)12-6(4)10-3;8-7(9)6-4-2-1-3-5-6;1-3(2)4/h4-10H,1-3H3,(H2,17,18,19,20);4-5H,1-3H3,(H2,12,13,14,15);2H,1H3,(H,10,11,12);1-5,8-9H;3H,4H2,1-2H3. The molecule has 8 aromatic rings. The number of aromatic amines is 3. The highest BCUT2D eigenvalue weighted by Gasteiger charge is 2.13. The molecule has 0 unspecified atom stereocenters. The number of benzene rings is 2. The van der Waals surface area contributed by atoms with Crippen molar-refractivity contribution in [2.75, 3.05) is 10.6 Å². The van der Waals surface area contributed by atoms with E-state index in [9.17, 15) is 0 Å². The van der Waals surface area contributed by atoms with Gasteiger partial charge in [0.2, 0.25) is 10.6 Å². The highest BCUT2D eigenvalue weighted by atomic mass is 35.5. The van der Waals surface area contributed by atoms with Crippen molar-refractivity contribution in [2.24, 2.45) is 5.73 Å². The molecule has 8 rings (SSSR count). The van der Waals surface area contributed by atoms with Crippen LogP contribution >= 0.6 is 34.8 Å². The summed E-state index contributed by atoms with van der Waals surface area (Å²) in [6, 6.07) is 25.6. The van der Waals surface area contributed by atoms with Crippen molar-refractivity contribution in [3.8, 4) is 11.4 Å². The van der Waals surface area contributed by atoms with Gasteiger partial charge < -0.3 is 41.4 Å². The molecule has 0 bridgehead atoms. The number of hydrogen-bond acceptors (Lipinski definition) is 11. The fraction of sp³-hybridized carbons (Fsp3) is 0.286. The Morgan fingerprint density at radius 3 is 1.42 bits per heavy atom. The Labute approximate surface area is 365 Å². The van der Waals surface area contributed by atoms with Crippen LogP contribution in [0.3, 0.4) is 0 Å². The minimum Gasteiger partial charge on any atom is -0.423 e. The average Bonchev–Trinajstić information content (AvgIpc) is 3.87. The Balaban J connectivity index is 0.000000177. The third-order valence-corrected chi connectivity index (χ3v) is 8.37. The molecule has 0 aliphatic rings. The van der Waals surface area contributed by atoms with Crippen LogP contribution in [0.5, 0.6) is 0 Å². The lowest BCUT2D eigenvalue weighted by Crippen LogP contribution is -2.29. The van der Waals surface area contributed by atoms with Crippen molar-refractivity contribution < 1.29 is 10.0 Å². The lowest BCUT2D eigenvalue weighted by atomic mass is 9.81. The third kappa shape index (κ3) is 14.5. The van der Waals surface area contributed by atoms with Crippen LogP contribution in [0.15, 0.2) is 78.9 Å². The molecular formula is C42H52BCl3N12O2. The van der Waals surface area contributed by atoms with Gasteiger partial charge in [0, 0.05) is 34.7 Å². The van der Waals surface area contributed by atoms with Crippen molar-refractivity contribution in [3.05, 3.63) is 112 Å². The van der Waals surface area contributed by atoms with Gasteiger partial charge in [0.1, 0.15) is 33.7 Å². The zero-order chi connectivity index (χ0) is 44.1. The Morgan fingerprint density at radius 2 is 0.967 bits per heavy atom. The maximum Gasteiger partial charge on any atom is 0.488 e. The van der Waals surface area contributed by atoms with Crippen molar-refractivity contribution >= 4 is 92.1 Å². The van der Waals surface area contributed by atoms with Gasteiger partial charge in [-0.3, -0.25) is 0 Å². The maximum atomic E-state index is 8.58. The number of anilines is 2. The Morgan fingerprint density at radius 1 is 0.567 bits per heavy atom. The maximum absolute atomic E-state index is 8.58. The molecule has 0 radical (unpaired) electrons. The molecule has 0 spiro atoms. The van der Waals surface area contributed by atoms with E-state index in [4.69, 9.17) is 50.6 Å². The van der Waals surface area contributed by atoms with E-state index in [0.29, 0.717) is 34.4 Å². The number of halogens is 3. The second-order valence-electron chi connectivity index (χ2n) is 14.7.